The summed E-state index contributed by atoms with van der Waals surface area (Å²) in [6, 6.07) is 0. The van der Waals surface area contributed by atoms with Gasteiger partial charge < -0.3 is 10.3 Å². The van der Waals surface area contributed by atoms with Crippen molar-refractivity contribution < 1.29 is 12.9 Å². The quantitative estimate of drug-likeness (QED) is 0.836. The smallest absolute Gasteiger partial charge is 0.293 e. The van der Waals surface area contributed by atoms with E-state index >= 15 is 0 Å². The van der Waals surface area contributed by atoms with E-state index < -0.39 is 10.0 Å². The van der Waals surface area contributed by atoms with Crippen LogP contribution in [0.25, 0.3) is 0 Å². The van der Waals surface area contributed by atoms with Crippen molar-refractivity contribution >= 4 is 32.4 Å². The van der Waals surface area contributed by atoms with E-state index in [2.05, 4.69) is 20.1 Å². The molecule has 0 aliphatic carbocycles. The lowest BCUT2D eigenvalue weighted by Gasteiger charge is -2.00. The molecule has 8 nitrogen and oxygen atoms in total. The van der Waals surface area contributed by atoms with Crippen molar-refractivity contribution in [2.24, 2.45) is 0 Å². The van der Waals surface area contributed by atoms with E-state index in [9.17, 15) is 8.42 Å². The van der Waals surface area contributed by atoms with Gasteiger partial charge in [0.1, 0.15) is 0 Å². The van der Waals surface area contributed by atoms with Crippen LogP contribution in [0.2, 0.25) is 0 Å². The third kappa shape index (κ3) is 2.22. The van der Waals surface area contributed by atoms with E-state index in [-0.39, 0.29) is 15.4 Å². The highest BCUT2D eigenvalue weighted by molar-refractivity contribution is 7.94. The number of nitrogens with zero attached hydrogens (tertiary/aromatic N) is 3. The predicted molar refractivity (Wildman–Crippen MR) is 61.1 cm³/mol. The first-order valence-electron chi connectivity index (χ1n) is 4.45. The van der Waals surface area contributed by atoms with Crippen LogP contribution in [0.3, 0.4) is 0 Å². The monoisotopic (exact) mass is 275 g/mol. The lowest BCUT2D eigenvalue weighted by Crippen LogP contribution is -2.12. The van der Waals surface area contributed by atoms with Crippen LogP contribution in [-0.2, 0) is 10.0 Å². The zero-order valence-corrected chi connectivity index (χ0v) is 10.6. The molecule has 0 aliphatic rings. The Kier molecular flexibility index (Phi) is 2.75. The highest BCUT2D eigenvalue weighted by atomic mass is 32.2. The van der Waals surface area contributed by atoms with Gasteiger partial charge in [0.25, 0.3) is 14.4 Å². The van der Waals surface area contributed by atoms with E-state index in [1.165, 1.54) is 0 Å². The normalized spacial score (nSPS) is 11.6. The summed E-state index contributed by atoms with van der Waals surface area (Å²) >= 11 is 0.770. The maximum atomic E-state index is 11.8. The van der Waals surface area contributed by atoms with Crippen LogP contribution in [0.4, 0.5) is 11.0 Å². The van der Waals surface area contributed by atoms with Gasteiger partial charge in [-0.05, 0) is 13.8 Å². The summed E-state index contributed by atoms with van der Waals surface area (Å²) in [5.41, 5.74) is 6.55. The summed E-state index contributed by atoms with van der Waals surface area (Å²) in [6.07, 6.45) is 0. The molecule has 0 aromatic carbocycles. The summed E-state index contributed by atoms with van der Waals surface area (Å²) in [6.45, 7) is 3.40. The second-order valence-electron chi connectivity index (χ2n) is 3.23. The minimum Gasteiger partial charge on any atom is -0.374 e. The molecule has 3 N–H and O–H groups in total. The van der Waals surface area contributed by atoms with Crippen molar-refractivity contribution in [2.75, 3.05) is 10.5 Å². The Morgan fingerprint density at radius 1 is 1.35 bits per heavy atom. The molecule has 0 saturated carbocycles. The lowest BCUT2D eigenvalue weighted by atomic mass is 10.3. The molecular weight excluding hydrogens is 266 g/mol. The van der Waals surface area contributed by atoms with Gasteiger partial charge >= 0.3 is 0 Å². The average Bonchev–Trinajstić information content (AvgIpc) is 2.80. The fourth-order valence-corrected chi connectivity index (χ4v) is 2.84. The van der Waals surface area contributed by atoms with Gasteiger partial charge in [-0.1, -0.05) is 16.5 Å². The molecule has 2 heterocycles. The van der Waals surface area contributed by atoms with Crippen molar-refractivity contribution in [2.45, 2.75) is 18.2 Å². The number of sulfonamides is 1. The molecule has 0 fully saturated rings. The molecule has 92 valence electrons. The van der Waals surface area contributed by atoms with E-state index in [1.54, 1.807) is 13.8 Å². The van der Waals surface area contributed by atoms with Crippen molar-refractivity contribution in [3.8, 4) is 0 Å². The number of rotatable bonds is 3. The number of nitrogens with two attached hydrogens (primary N) is 1. The van der Waals surface area contributed by atoms with Crippen LogP contribution >= 0.6 is 11.3 Å². The van der Waals surface area contributed by atoms with Gasteiger partial charge in [0, 0.05) is 5.56 Å². The Bertz CT molecular complexity index is 644. The molecule has 2 aromatic heterocycles. The molecule has 0 saturated heterocycles. The Labute approximate surface area is 101 Å². The van der Waals surface area contributed by atoms with Crippen LogP contribution in [0, 0.1) is 13.8 Å². The summed E-state index contributed by atoms with van der Waals surface area (Å²) in [5, 5.41) is 10.6. The number of nitrogens with one attached hydrogen (secondary N) is 1. The number of hydrogen-bond acceptors (Lipinski definition) is 8. The number of aromatic nitrogens is 3. The fraction of sp³-hybridized carbons (Fsp3) is 0.286. The summed E-state index contributed by atoms with van der Waals surface area (Å²) in [4.78, 5) is 0. The van der Waals surface area contributed by atoms with Gasteiger partial charge in [-0.25, -0.2) is 4.72 Å². The largest absolute Gasteiger partial charge is 0.374 e. The van der Waals surface area contributed by atoms with Crippen LogP contribution in [-0.4, -0.2) is 23.8 Å². The van der Waals surface area contributed by atoms with Crippen LogP contribution in [0.15, 0.2) is 8.86 Å². The van der Waals surface area contributed by atoms with Crippen LogP contribution < -0.4 is 10.5 Å². The summed E-state index contributed by atoms with van der Waals surface area (Å²) in [7, 11) is -3.82. The first kappa shape index (κ1) is 11.8. The number of anilines is 2. The molecule has 17 heavy (non-hydrogen) atoms. The second-order valence-corrected chi connectivity index (χ2v) is 6.10. The Hall–Kier alpha value is -1.68. The SMILES string of the molecule is Cc1noc(NS(=O)(=O)c2nnc(N)s2)c1C. The third-order valence-electron chi connectivity index (χ3n) is 2.04. The highest BCUT2D eigenvalue weighted by Crippen LogP contribution is 2.23. The zero-order valence-electron chi connectivity index (χ0n) is 8.96. The van der Waals surface area contributed by atoms with E-state index in [1.807, 2.05) is 0 Å². The fourth-order valence-electron chi connectivity index (χ4n) is 1.01. The summed E-state index contributed by atoms with van der Waals surface area (Å²) < 4.78 is 30.5. The highest BCUT2D eigenvalue weighted by Gasteiger charge is 2.23. The van der Waals surface area contributed by atoms with E-state index in [0.717, 1.165) is 11.3 Å². The number of aryl methyl sites for hydroxylation is 1. The van der Waals surface area contributed by atoms with Crippen molar-refractivity contribution in [1.29, 1.82) is 0 Å². The molecule has 0 aliphatic heterocycles. The third-order valence-corrected chi connectivity index (χ3v) is 4.49. The standard InChI is InChI=1S/C7H9N5O3S2/c1-3-4(2)11-15-5(3)12-17(13,14)7-10-9-6(8)16-7/h12H,1-2H3,(H2,8,9). The van der Waals surface area contributed by atoms with Gasteiger partial charge in [-0.2, -0.15) is 8.42 Å². The van der Waals surface area contributed by atoms with Crippen molar-refractivity contribution in [1.82, 2.24) is 15.4 Å². The van der Waals surface area contributed by atoms with Crippen LogP contribution in [0.1, 0.15) is 11.3 Å². The molecular formula is C7H9N5O3S2. The minimum absolute atomic E-state index is 0.0660. The zero-order chi connectivity index (χ0) is 12.6. The Morgan fingerprint density at radius 3 is 2.53 bits per heavy atom. The molecule has 0 spiro atoms. The number of hydrogen-bond donors (Lipinski definition) is 2. The molecule has 0 atom stereocenters. The molecule has 0 amide bonds. The minimum atomic E-state index is -3.82. The Morgan fingerprint density at radius 2 is 2.06 bits per heavy atom. The molecule has 0 unspecified atom stereocenters. The van der Waals surface area contributed by atoms with Gasteiger partial charge in [0.05, 0.1) is 5.69 Å². The predicted octanol–water partition coefficient (Wildman–Crippen LogP) is 0.526. The molecule has 10 heteroatoms. The maximum absolute atomic E-state index is 11.8. The second kappa shape index (κ2) is 3.96. The lowest BCUT2D eigenvalue weighted by molar-refractivity contribution is 0.430. The molecule has 0 bridgehead atoms. The van der Waals surface area contributed by atoms with Gasteiger partial charge in [0.2, 0.25) is 11.0 Å². The van der Waals surface area contributed by atoms with Crippen molar-refractivity contribution in [3.05, 3.63) is 11.3 Å². The molecule has 2 aromatic rings. The topological polar surface area (TPSA) is 124 Å². The van der Waals surface area contributed by atoms with E-state index in [4.69, 9.17) is 10.3 Å². The van der Waals surface area contributed by atoms with Gasteiger partial charge in [0.15, 0.2) is 0 Å². The first-order valence-corrected chi connectivity index (χ1v) is 6.75. The molecule has 2 rings (SSSR count). The van der Waals surface area contributed by atoms with Gasteiger partial charge in [-0.15, -0.1) is 10.2 Å². The number of nitrogen functional groups attached to an aromatic ring is 1. The Balaban J connectivity index is 2.33. The van der Waals surface area contributed by atoms with Gasteiger partial charge in [-0.3, -0.25) is 0 Å². The molecule has 0 radical (unpaired) electrons. The first-order chi connectivity index (χ1) is 7.90. The van der Waals surface area contributed by atoms with Crippen molar-refractivity contribution in [3.63, 3.8) is 0 Å². The summed E-state index contributed by atoms with van der Waals surface area (Å²) in [5.74, 6) is 0.0660. The maximum Gasteiger partial charge on any atom is 0.293 e. The van der Waals surface area contributed by atoms with E-state index in [0.29, 0.717) is 11.3 Å². The average molecular weight is 275 g/mol. The van der Waals surface area contributed by atoms with Crippen LogP contribution in [0.5, 0.6) is 0 Å².